The van der Waals surface area contributed by atoms with E-state index in [4.69, 9.17) is 5.73 Å². The first kappa shape index (κ1) is 12.2. The third-order valence-electron chi connectivity index (χ3n) is 4.34. The molecule has 0 spiro atoms. The van der Waals surface area contributed by atoms with Gasteiger partial charge in [-0.25, -0.2) is 4.98 Å². The molecule has 0 aromatic carbocycles. The molecule has 2 aromatic rings. The van der Waals surface area contributed by atoms with Crippen molar-refractivity contribution in [3.05, 3.63) is 23.5 Å². The highest BCUT2D eigenvalue weighted by Crippen LogP contribution is 2.32. The van der Waals surface area contributed by atoms with Crippen molar-refractivity contribution in [1.29, 1.82) is 0 Å². The molecule has 3 atom stereocenters. The zero-order valence-electron chi connectivity index (χ0n) is 10.9. The maximum atomic E-state index is 6.28. The van der Waals surface area contributed by atoms with Crippen LogP contribution in [0.4, 0.5) is 0 Å². The third kappa shape index (κ3) is 2.31. The van der Waals surface area contributed by atoms with Crippen LogP contribution in [0.25, 0.3) is 4.96 Å². The predicted octanol–water partition coefficient (Wildman–Crippen LogP) is 3.09. The Labute approximate surface area is 112 Å². The summed E-state index contributed by atoms with van der Waals surface area (Å²) in [7, 11) is 0. The van der Waals surface area contributed by atoms with Crippen molar-refractivity contribution in [2.75, 3.05) is 0 Å². The highest BCUT2D eigenvalue weighted by atomic mass is 32.1. The molecule has 0 aliphatic heterocycles. The first-order valence-electron chi connectivity index (χ1n) is 6.93. The SMILES string of the molecule is CCC1CCC(N)C(Cc2cn3ccsc3n2)C1. The van der Waals surface area contributed by atoms with Gasteiger partial charge >= 0.3 is 0 Å². The van der Waals surface area contributed by atoms with Gasteiger partial charge in [0.05, 0.1) is 5.69 Å². The van der Waals surface area contributed by atoms with E-state index in [-0.39, 0.29) is 0 Å². The summed E-state index contributed by atoms with van der Waals surface area (Å²) in [4.78, 5) is 5.78. The third-order valence-corrected chi connectivity index (χ3v) is 5.11. The lowest BCUT2D eigenvalue weighted by Gasteiger charge is -2.33. The molecule has 0 amide bonds. The fraction of sp³-hybridized carbons (Fsp3) is 0.643. The summed E-state index contributed by atoms with van der Waals surface area (Å²) in [6, 6.07) is 0.368. The van der Waals surface area contributed by atoms with Crippen LogP contribution in [0, 0.1) is 11.8 Å². The van der Waals surface area contributed by atoms with Crippen LogP contribution in [0.1, 0.15) is 38.3 Å². The Hall–Kier alpha value is -0.870. The van der Waals surface area contributed by atoms with E-state index >= 15 is 0 Å². The molecule has 2 heterocycles. The van der Waals surface area contributed by atoms with Gasteiger partial charge in [0.1, 0.15) is 0 Å². The van der Waals surface area contributed by atoms with E-state index in [1.807, 2.05) is 0 Å². The Morgan fingerprint density at radius 2 is 2.39 bits per heavy atom. The van der Waals surface area contributed by atoms with Crippen LogP contribution in [0.3, 0.4) is 0 Å². The van der Waals surface area contributed by atoms with Gasteiger partial charge in [0.25, 0.3) is 0 Å². The molecule has 1 aliphatic rings. The molecule has 3 rings (SSSR count). The first-order chi connectivity index (χ1) is 8.76. The highest BCUT2D eigenvalue weighted by molar-refractivity contribution is 7.15. The minimum absolute atomic E-state index is 0.368. The van der Waals surface area contributed by atoms with Crippen LogP contribution < -0.4 is 5.73 Å². The summed E-state index contributed by atoms with van der Waals surface area (Å²) in [5.41, 5.74) is 7.49. The van der Waals surface area contributed by atoms with Gasteiger partial charge in [-0.2, -0.15) is 0 Å². The quantitative estimate of drug-likeness (QED) is 0.924. The highest BCUT2D eigenvalue weighted by Gasteiger charge is 2.27. The molecule has 1 saturated carbocycles. The average molecular weight is 263 g/mol. The van der Waals surface area contributed by atoms with Crippen molar-refractivity contribution < 1.29 is 0 Å². The lowest BCUT2D eigenvalue weighted by Crippen LogP contribution is -2.37. The number of nitrogens with two attached hydrogens (primary N) is 1. The fourth-order valence-electron chi connectivity index (χ4n) is 3.13. The van der Waals surface area contributed by atoms with Crippen molar-refractivity contribution in [2.24, 2.45) is 17.6 Å². The Morgan fingerprint density at radius 1 is 1.50 bits per heavy atom. The molecule has 3 nitrogen and oxygen atoms in total. The van der Waals surface area contributed by atoms with E-state index in [1.165, 1.54) is 31.4 Å². The number of hydrogen-bond donors (Lipinski definition) is 1. The molecule has 0 radical (unpaired) electrons. The number of nitrogens with zero attached hydrogens (tertiary/aromatic N) is 2. The number of rotatable bonds is 3. The van der Waals surface area contributed by atoms with Crippen molar-refractivity contribution in [3.63, 3.8) is 0 Å². The van der Waals surface area contributed by atoms with Crippen molar-refractivity contribution in [2.45, 2.75) is 45.1 Å². The minimum atomic E-state index is 0.368. The van der Waals surface area contributed by atoms with Gasteiger partial charge in [0.2, 0.25) is 0 Å². The molecule has 18 heavy (non-hydrogen) atoms. The van der Waals surface area contributed by atoms with E-state index in [0.717, 1.165) is 17.3 Å². The van der Waals surface area contributed by atoms with Gasteiger partial charge in [0, 0.05) is 23.8 Å². The molecule has 3 unspecified atom stereocenters. The molecule has 0 bridgehead atoms. The van der Waals surface area contributed by atoms with Gasteiger partial charge in [-0.3, -0.25) is 4.40 Å². The second-order valence-corrected chi connectivity index (χ2v) is 6.41. The smallest absolute Gasteiger partial charge is 0.193 e. The fourth-order valence-corrected chi connectivity index (χ4v) is 3.85. The molecular formula is C14H21N3S. The van der Waals surface area contributed by atoms with Crippen LogP contribution in [0.15, 0.2) is 17.8 Å². The average Bonchev–Trinajstić information content (AvgIpc) is 2.92. The van der Waals surface area contributed by atoms with E-state index in [2.05, 4.69) is 34.1 Å². The summed E-state index contributed by atoms with van der Waals surface area (Å²) in [5, 5.41) is 2.07. The summed E-state index contributed by atoms with van der Waals surface area (Å²) in [6.07, 6.45) is 10.4. The Bertz CT molecular complexity index is 487. The molecular weight excluding hydrogens is 242 g/mol. The van der Waals surface area contributed by atoms with E-state index in [1.54, 1.807) is 11.3 Å². The number of thiazole rings is 1. The lowest BCUT2D eigenvalue weighted by molar-refractivity contribution is 0.226. The monoisotopic (exact) mass is 263 g/mol. The normalized spacial score (nSPS) is 28.9. The summed E-state index contributed by atoms with van der Waals surface area (Å²) in [5.74, 6) is 1.49. The largest absolute Gasteiger partial charge is 0.327 e. The summed E-state index contributed by atoms with van der Waals surface area (Å²) in [6.45, 7) is 2.30. The van der Waals surface area contributed by atoms with Crippen molar-refractivity contribution >= 4 is 16.3 Å². The second-order valence-electron chi connectivity index (χ2n) is 5.54. The number of fused-ring (bicyclic) bond motifs is 1. The molecule has 1 fully saturated rings. The Morgan fingerprint density at radius 3 is 3.17 bits per heavy atom. The maximum Gasteiger partial charge on any atom is 0.193 e. The Kier molecular flexibility index (Phi) is 3.39. The Balaban J connectivity index is 1.72. The van der Waals surface area contributed by atoms with Gasteiger partial charge in [-0.15, -0.1) is 11.3 Å². The number of imidazole rings is 1. The van der Waals surface area contributed by atoms with Crippen LogP contribution in [0.2, 0.25) is 0 Å². The van der Waals surface area contributed by atoms with Gasteiger partial charge in [0.15, 0.2) is 4.96 Å². The van der Waals surface area contributed by atoms with Gasteiger partial charge in [-0.1, -0.05) is 13.3 Å². The van der Waals surface area contributed by atoms with Crippen LogP contribution >= 0.6 is 11.3 Å². The topological polar surface area (TPSA) is 43.3 Å². The first-order valence-corrected chi connectivity index (χ1v) is 7.81. The summed E-state index contributed by atoms with van der Waals surface area (Å²) < 4.78 is 2.12. The zero-order chi connectivity index (χ0) is 12.5. The molecule has 98 valence electrons. The molecule has 4 heteroatoms. The van der Waals surface area contributed by atoms with Gasteiger partial charge in [-0.05, 0) is 37.5 Å². The van der Waals surface area contributed by atoms with E-state index < -0.39 is 0 Å². The molecule has 2 N–H and O–H groups in total. The standard InChI is InChI=1S/C14H21N3S/c1-2-10-3-4-13(15)11(7-10)8-12-9-17-5-6-18-14(17)16-12/h5-6,9-11,13H,2-4,7-8,15H2,1H3. The molecule has 2 aromatic heterocycles. The van der Waals surface area contributed by atoms with Crippen LogP contribution in [0.5, 0.6) is 0 Å². The number of aromatic nitrogens is 2. The van der Waals surface area contributed by atoms with E-state index in [0.29, 0.717) is 12.0 Å². The lowest BCUT2D eigenvalue weighted by atomic mass is 9.75. The summed E-state index contributed by atoms with van der Waals surface area (Å²) >= 11 is 1.70. The van der Waals surface area contributed by atoms with Gasteiger partial charge < -0.3 is 5.73 Å². The molecule has 0 saturated heterocycles. The van der Waals surface area contributed by atoms with Crippen LogP contribution in [-0.2, 0) is 6.42 Å². The zero-order valence-corrected chi connectivity index (χ0v) is 11.7. The van der Waals surface area contributed by atoms with Crippen molar-refractivity contribution in [3.8, 4) is 0 Å². The van der Waals surface area contributed by atoms with E-state index in [9.17, 15) is 0 Å². The maximum absolute atomic E-state index is 6.28. The minimum Gasteiger partial charge on any atom is -0.327 e. The van der Waals surface area contributed by atoms with Crippen molar-refractivity contribution in [1.82, 2.24) is 9.38 Å². The molecule has 1 aliphatic carbocycles. The second kappa shape index (κ2) is 5.02. The number of hydrogen-bond acceptors (Lipinski definition) is 3. The van der Waals surface area contributed by atoms with Crippen LogP contribution in [-0.4, -0.2) is 15.4 Å². The predicted molar refractivity (Wildman–Crippen MR) is 75.9 cm³/mol.